The fourth-order valence-electron chi connectivity index (χ4n) is 2.40. The number of nitrogens with two attached hydrogens (primary N) is 1. The van der Waals surface area contributed by atoms with Crippen molar-refractivity contribution in [1.82, 2.24) is 5.32 Å². The van der Waals surface area contributed by atoms with E-state index >= 15 is 0 Å². The second-order valence-electron chi connectivity index (χ2n) is 5.06. The summed E-state index contributed by atoms with van der Waals surface area (Å²) in [5.74, 6) is -0.284. The molecule has 0 aliphatic heterocycles. The molecule has 1 amide bonds. The first kappa shape index (κ1) is 13.3. The van der Waals surface area contributed by atoms with E-state index in [1.54, 1.807) is 12.1 Å². The quantitative estimate of drug-likeness (QED) is 0.862. The molecular weight excluding hydrogens is 255 g/mol. The van der Waals surface area contributed by atoms with Crippen LogP contribution >= 0.6 is 12.4 Å². The largest absolute Gasteiger partial charge is 0.348 e. The van der Waals surface area contributed by atoms with Crippen molar-refractivity contribution in [2.75, 3.05) is 0 Å². The minimum atomic E-state index is -0.636. The van der Waals surface area contributed by atoms with E-state index in [1.165, 1.54) is 6.07 Å². The molecule has 3 N–H and O–H groups in total. The van der Waals surface area contributed by atoms with E-state index in [0.717, 1.165) is 36.8 Å². The van der Waals surface area contributed by atoms with Crippen molar-refractivity contribution in [3.8, 4) is 0 Å². The Balaban J connectivity index is 0.00000120. The minimum absolute atomic E-state index is 0. The number of hydrogen-bond acceptors (Lipinski definition) is 2. The van der Waals surface area contributed by atoms with E-state index in [2.05, 4.69) is 5.32 Å². The number of halogens is 2. The Kier molecular flexibility index (Phi) is 3.34. The van der Waals surface area contributed by atoms with Crippen LogP contribution in [0.1, 0.15) is 36.4 Å². The van der Waals surface area contributed by atoms with Crippen LogP contribution in [0, 0.1) is 5.82 Å². The van der Waals surface area contributed by atoms with Crippen LogP contribution in [0.2, 0.25) is 0 Å². The molecule has 18 heavy (non-hydrogen) atoms. The second kappa shape index (κ2) is 4.52. The van der Waals surface area contributed by atoms with Crippen LogP contribution in [0.3, 0.4) is 0 Å². The lowest BCUT2D eigenvalue weighted by molar-refractivity contribution is -0.124. The molecule has 1 aromatic carbocycles. The highest BCUT2D eigenvalue weighted by Gasteiger charge is 2.46. The first-order valence-corrected chi connectivity index (χ1v) is 5.97. The Hall–Kier alpha value is -1.13. The fourth-order valence-corrected chi connectivity index (χ4v) is 2.40. The molecule has 1 atom stereocenters. The maximum absolute atomic E-state index is 13.0. The highest BCUT2D eigenvalue weighted by atomic mass is 35.5. The topological polar surface area (TPSA) is 55.1 Å². The third kappa shape index (κ3) is 2.22. The van der Waals surface area contributed by atoms with Gasteiger partial charge in [-0.3, -0.25) is 4.79 Å². The molecule has 0 spiro atoms. The van der Waals surface area contributed by atoms with Crippen molar-refractivity contribution < 1.29 is 9.18 Å². The standard InChI is InChI=1S/C13H15FN2O.ClH/c14-9-2-3-10-8(7-9)1-4-11(10)16-12(17)13(15)5-6-13;/h2-3,7,11H,1,4-6,15H2,(H,16,17);1H. The number of rotatable bonds is 2. The van der Waals surface area contributed by atoms with E-state index in [0.29, 0.717) is 0 Å². The average Bonchev–Trinajstić information content (AvgIpc) is 2.93. The summed E-state index contributed by atoms with van der Waals surface area (Å²) in [6.45, 7) is 0. The number of fused-ring (bicyclic) bond motifs is 1. The summed E-state index contributed by atoms with van der Waals surface area (Å²) in [5.41, 5.74) is 7.23. The summed E-state index contributed by atoms with van der Waals surface area (Å²) in [6, 6.07) is 4.76. The Bertz CT molecular complexity index is 488. The molecule has 0 saturated heterocycles. The molecule has 1 saturated carbocycles. The molecule has 1 aromatic rings. The maximum Gasteiger partial charge on any atom is 0.240 e. The van der Waals surface area contributed by atoms with Crippen molar-refractivity contribution in [2.24, 2.45) is 5.73 Å². The first-order valence-electron chi connectivity index (χ1n) is 5.97. The van der Waals surface area contributed by atoms with Gasteiger partial charge in [0.25, 0.3) is 0 Å². The van der Waals surface area contributed by atoms with Crippen LogP contribution in [0.4, 0.5) is 4.39 Å². The second-order valence-corrected chi connectivity index (χ2v) is 5.06. The van der Waals surface area contributed by atoms with Gasteiger partial charge in [-0.15, -0.1) is 12.4 Å². The van der Waals surface area contributed by atoms with E-state index in [1.807, 2.05) is 0 Å². The van der Waals surface area contributed by atoms with E-state index < -0.39 is 5.54 Å². The summed E-state index contributed by atoms with van der Waals surface area (Å²) in [7, 11) is 0. The number of benzene rings is 1. The van der Waals surface area contributed by atoms with Crippen molar-refractivity contribution in [3.05, 3.63) is 35.1 Å². The van der Waals surface area contributed by atoms with Gasteiger partial charge in [0.2, 0.25) is 5.91 Å². The summed E-state index contributed by atoms with van der Waals surface area (Å²) in [4.78, 5) is 11.8. The number of carbonyl (C=O) groups excluding carboxylic acids is 1. The van der Waals surface area contributed by atoms with Crippen LogP contribution in [-0.2, 0) is 11.2 Å². The Morgan fingerprint density at radius 2 is 2.17 bits per heavy atom. The van der Waals surface area contributed by atoms with Gasteiger partial charge in [-0.05, 0) is 48.9 Å². The van der Waals surface area contributed by atoms with Crippen LogP contribution < -0.4 is 11.1 Å². The first-order chi connectivity index (χ1) is 8.08. The summed E-state index contributed by atoms with van der Waals surface area (Å²) in [5, 5.41) is 2.97. The van der Waals surface area contributed by atoms with Crippen molar-refractivity contribution in [2.45, 2.75) is 37.3 Å². The van der Waals surface area contributed by atoms with Crippen molar-refractivity contribution in [3.63, 3.8) is 0 Å². The van der Waals surface area contributed by atoms with Crippen molar-refractivity contribution >= 4 is 18.3 Å². The van der Waals surface area contributed by atoms with Gasteiger partial charge in [-0.1, -0.05) is 6.07 Å². The zero-order valence-electron chi connectivity index (χ0n) is 9.91. The Morgan fingerprint density at radius 3 is 2.83 bits per heavy atom. The molecule has 98 valence electrons. The van der Waals surface area contributed by atoms with Gasteiger partial charge in [0.15, 0.2) is 0 Å². The molecule has 0 radical (unpaired) electrons. The third-order valence-electron chi connectivity index (χ3n) is 3.73. The van der Waals surface area contributed by atoms with Crippen LogP contribution in [0.15, 0.2) is 18.2 Å². The summed E-state index contributed by atoms with van der Waals surface area (Å²) in [6.07, 6.45) is 3.18. The lowest BCUT2D eigenvalue weighted by atomic mass is 10.1. The molecule has 0 heterocycles. The predicted molar refractivity (Wildman–Crippen MR) is 69.0 cm³/mol. The van der Waals surface area contributed by atoms with Crippen LogP contribution in [0.25, 0.3) is 0 Å². The van der Waals surface area contributed by atoms with Gasteiger partial charge in [0, 0.05) is 0 Å². The molecule has 2 aliphatic rings. The molecule has 0 aromatic heterocycles. The number of nitrogens with one attached hydrogen (secondary N) is 1. The molecule has 2 aliphatic carbocycles. The van der Waals surface area contributed by atoms with E-state index in [9.17, 15) is 9.18 Å². The normalized spacial score (nSPS) is 22.9. The maximum atomic E-state index is 13.0. The highest BCUT2D eigenvalue weighted by molar-refractivity contribution is 5.89. The molecule has 3 nitrogen and oxygen atoms in total. The van der Waals surface area contributed by atoms with E-state index in [4.69, 9.17) is 5.73 Å². The van der Waals surface area contributed by atoms with E-state index in [-0.39, 0.29) is 30.2 Å². The SMILES string of the molecule is Cl.NC1(C(=O)NC2CCc3cc(F)ccc32)CC1. The van der Waals surface area contributed by atoms with Crippen molar-refractivity contribution in [1.29, 1.82) is 0 Å². The van der Waals surface area contributed by atoms with Gasteiger partial charge in [-0.2, -0.15) is 0 Å². The number of amides is 1. The lowest BCUT2D eigenvalue weighted by Crippen LogP contribution is -2.43. The van der Waals surface area contributed by atoms with Crippen LogP contribution in [-0.4, -0.2) is 11.4 Å². The molecule has 0 bridgehead atoms. The Morgan fingerprint density at radius 1 is 1.44 bits per heavy atom. The minimum Gasteiger partial charge on any atom is -0.348 e. The summed E-state index contributed by atoms with van der Waals surface area (Å²) >= 11 is 0. The molecule has 1 fully saturated rings. The molecule has 1 unspecified atom stereocenters. The zero-order chi connectivity index (χ0) is 12.0. The fraction of sp³-hybridized carbons (Fsp3) is 0.462. The molecular formula is C13H16ClFN2O. The van der Waals surface area contributed by atoms with Crippen LogP contribution in [0.5, 0.6) is 0 Å². The monoisotopic (exact) mass is 270 g/mol. The van der Waals surface area contributed by atoms with Gasteiger partial charge >= 0.3 is 0 Å². The molecule has 5 heteroatoms. The lowest BCUT2D eigenvalue weighted by Gasteiger charge is -2.17. The predicted octanol–water partition coefficient (Wildman–Crippen LogP) is 1.84. The highest BCUT2D eigenvalue weighted by Crippen LogP contribution is 2.36. The summed E-state index contributed by atoms with van der Waals surface area (Å²) < 4.78 is 13.0. The number of aryl methyl sites for hydroxylation is 1. The third-order valence-corrected chi connectivity index (χ3v) is 3.73. The number of carbonyl (C=O) groups is 1. The van der Waals surface area contributed by atoms with Gasteiger partial charge < -0.3 is 11.1 Å². The molecule has 3 rings (SSSR count). The smallest absolute Gasteiger partial charge is 0.240 e. The number of hydrogen-bond donors (Lipinski definition) is 2. The van der Waals surface area contributed by atoms with Gasteiger partial charge in [-0.25, -0.2) is 4.39 Å². The average molecular weight is 271 g/mol. The van der Waals surface area contributed by atoms with Gasteiger partial charge in [0.05, 0.1) is 11.6 Å². The zero-order valence-corrected chi connectivity index (χ0v) is 10.7. The van der Waals surface area contributed by atoms with Gasteiger partial charge in [0.1, 0.15) is 5.82 Å². The Labute approximate surface area is 111 Å².